The van der Waals surface area contributed by atoms with Crippen LogP contribution < -0.4 is 16.0 Å². The third kappa shape index (κ3) is 6.87. The number of anilines is 2. The lowest BCUT2D eigenvalue weighted by Crippen LogP contribution is -2.31. The summed E-state index contributed by atoms with van der Waals surface area (Å²) in [6.45, 7) is 0.665. The van der Waals surface area contributed by atoms with Gasteiger partial charge in [0.1, 0.15) is 5.00 Å². The van der Waals surface area contributed by atoms with Crippen molar-refractivity contribution in [3.63, 3.8) is 0 Å². The zero-order chi connectivity index (χ0) is 29.3. The van der Waals surface area contributed by atoms with Crippen LogP contribution in [0.1, 0.15) is 54.3 Å². The first-order valence-electron chi connectivity index (χ1n) is 13.3. The molecular weight excluding hydrogens is 563 g/mol. The van der Waals surface area contributed by atoms with Crippen molar-refractivity contribution in [3.05, 3.63) is 40.4 Å². The summed E-state index contributed by atoms with van der Waals surface area (Å²) in [5.74, 6) is -2.58. The predicted octanol–water partition coefficient (Wildman–Crippen LogP) is 4.74. The zero-order valence-electron chi connectivity index (χ0n) is 21.8. The summed E-state index contributed by atoms with van der Waals surface area (Å²) in [7, 11) is 0. The van der Waals surface area contributed by atoms with Gasteiger partial charge in [-0.3, -0.25) is 19.5 Å². The molecule has 3 aliphatic rings. The number of alkyl halides is 3. The Kier molecular flexibility index (Phi) is 8.02. The third-order valence-corrected chi connectivity index (χ3v) is 8.48. The van der Waals surface area contributed by atoms with Gasteiger partial charge in [0.2, 0.25) is 11.8 Å². The van der Waals surface area contributed by atoms with Gasteiger partial charge in [-0.05, 0) is 68.6 Å². The maximum atomic E-state index is 13.2. The second-order valence-electron chi connectivity index (χ2n) is 10.5. The molecule has 0 aliphatic heterocycles. The van der Waals surface area contributed by atoms with Crippen LogP contribution in [0.4, 0.5) is 23.9 Å². The van der Waals surface area contributed by atoms with Gasteiger partial charge in [-0.25, -0.2) is 4.79 Å². The second kappa shape index (κ2) is 11.5. The fraction of sp³-hybridized carbons (Fsp3) is 0.444. The number of nitrogens with one attached hydrogen (secondary N) is 4. The molecule has 3 aliphatic carbocycles. The van der Waals surface area contributed by atoms with Crippen molar-refractivity contribution in [1.29, 1.82) is 0 Å². The molecule has 10 nitrogen and oxygen atoms in total. The Balaban J connectivity index is 0.000000454. The van der Waals surface area contributed by atoms with Gasteiger partial charge < -0.3 is 21.1 Å². The molecular formula is C27H30F3N5O5S. The highest BCUT2D eigenvalue weighted by atomic mass is 32.1. The predicted molar refractivity (Wildman–Crippen MR) is 147 cm³/mol. The van der Waals surface area contributed by atoms with Crippen LogP contribution in [0.2, 0.25) is 0 Å². The average molecular weight is 594 g/mol. The molecule has 1 atom stereocenters. The van der Waals surface area contributed by atoms with Crippen LogP contribution in [0.25, 0.3) is 10.9 Å². The molecule has 2 saturated carbocycles. The van der Waals surface area contributed by atoms with Gasteiger partial charge in [-0.15, -0.1) is 11.3 Å². The van der Waals surface area contributed by atoms with E-state index >= 15 is 0 Å². The summed E-state index contributed by atoms with van der Waals surface area (Å²) >= 11 is 1.50. The van der Waals surface area contributed by atoms with Gasteiger partial charge in [0.05, 0.1) is 23.0 Å². The number of amides is 3. The molecule has 0 radical (unpaired) electrons. The summed E-state index contributed by atoms with van der Waals surface area (Å²) in [6.07, 6.45) is 2.66. The summed E-state index contributed by atoms with van der Waals surface area (Å²) in [5.41, 5.74) is 3.07. The van der Waals surface area contributed by atoms with E-state index in [2.05, 4.69) is 26.1 Å². The van der Waals surface area contributed by atoms with Crippen molar-refractivity contribution >= 4 is 56.6 Å². The maximum absolute atomic E-state index is 13.2. The Morgan fingerprint density at radius 1 is 1.05 bits per heavy atom. The van der Waals surface area contributed by atoms with E-state index in [4.69, 9.17) is 9.90 Å². The van der Waals surface area contributed by atoms with Gasteiger partial charge in [0.25, 0.3) is 5.91 Å². The number of nitrogens with zero attached hydrogens (tertiary/aromatic N) is 1. The van der Waals surface area contributed by atoms with E-state index < -0.39 is 12.1 Å². The summed E-state index contributed by atoms with van der Waals surface area (Å²) in [5, 5.41) is 24.8. The number of rotatable bonds is 7. The van der Waals surface area contributed by atoms with E-state index in [-0.39, 0.29) is 31.0 Å². The van der Waals surface area contributed by atoms with Gasteiger partial charge in [0, 0.05) is 30.1 Å². The number of carboxylic acids is 1. The largest absolute Gasteiger partial charge is 0.490 e. The first-order valence-corrected chi connectivity index (χ1v) is 14.1. The third-order valence-electron chi connectivity index (χ3n) is 7.28. The Morgan fingerprint density at radius 2 is 1.76 bits per heavy atom. The van der Waals surface area contributed by atoms with E-state index in [0.29, 0.717) is 35.9 Å². The molecule has 0 saturated heterocycles. The molecule has 2 fully saturated rings. The van der Waals surface area contributed by atoms with Gasteiger partial charge >= 0.3 is 12.1 Å². The minimum absolute atomic E-state index is 0. The molecule has 3 aromatic rings. The number of aliphatic carboxylic acids is 1. The van der Waals surface area contributed by atoms with Crippen molar-refractivity contribution < 1.29 is 38.9 Å². The summed E-state index contributed by atoms with van der Waals surface area (Å²) < 4.78 is 31.7. The molecule has 0 spiro atoms. The van der Waals surface area contributed by atoms with Crippen LogP contribution in [0.3, 0.4) is 0 Å². The number of benzene rings is 1. The second-order valence-corrected chi connectivity index (χ2v) is 11.6. The lowest BCUT2D eigenvalue weighted by atomic mass is 9.85. The highest BCUT2D eigenvalue weighted by Crippen LogP contribution is 2.41. The molecule has 1 aromatic carbocycles. The van der Waals surface area contributed by atoms with E-state index in [1.165, 1.54) is 11.3 Å². The normalized spacial score (nSPS) is 18.1. The number of thiophene rings is 1. The number of fused-ring (bicyclic) bond motifs is 2. The molecule has 0 bridgehead atoms. The number of aromatic amines is 1. The average Bonchev–Trinajstić information content (AvgIpc) is 3.85. The fourth-order valence-corrected chi connectivity index (χ4v) is 5.90. The summed E-state index contributed by atoms with van der Waals surface area (Å²) in [4.78, 5) is 48.9. The van der Waals surface area contributed by atoms with Crippen molar-refractivity contribution in [1.82, 2.24) is 15.5 Å². The number of carboxylic acid groups (broad SMARTS) is 1. The topological polar surface area (TPSA) is 153 Å². The Hall–Kier alpha value is -3.94. The van der Waals surface area contributed by atoms with E-state index in [1.54, 1.807) is 6.20 Å². The lowest BCUT2D eigenvalue weighted by molar-refractivity contribution is -0.192. The molecule has 2 aromatic heterocycles. The van der Waals surface area contributed by atoms with Crippen LogP contribution in [0.15, 0.2) is 24.4 Å². The highest BCUT2D eigenvalue weighted by molar-refractivity contribution is 7.17. The Morgan fingerprint density at radius 3 is 2.41 bits per heavy atom. The maximum Gasteiger partial charge on any atom is 0.490 e. The van der Waals surface area contributed by atoms with Crippen LogP contribution in [-0.2, 0) is 27.2 Å². The Bertz CT molecular complexity index is 1500. The standard InChI is InChI=1S/C25H27N5O3S.C2HF3O2.H2/c31-22(14-6-7-14)29-25-21(24(33)26-11-13-4-5-13)16-10-15(8-9-20(16)34-25)23(32)28-18-2-1-3-19-17(18)12-27-30-19;3-2(4,5)1(6)7;/h1-3,12-15H,4-11H2,(H,26,33)(H,27,30)(H,28,32)(H,29,31);(H,6,7);1H. The van der Waals surface area contributed by atoms with Crippen molar-refractivity contribution in [2.75, 3.05) is 17.2 Å². The Labute approximate surface area is 237 Å². The number of aryl methyl sites for hydroxylation is 1. The van der Waals surface area contributed by atoms with E-state index in [0.717, 1.165) is 59.1 Å². The number of hydrogen-bond donors (Lipinski definition) is 5. The number of aromatic nitrogens is 2. The zero-order valence-corrected chi connectivity index (χ0v) is 22.6. The number of H-pyrrole nitrogens is 1. The first kappa shape index (κ1) is 28.6. The molecule has 6 rings (SSSR count). The minimum Gasteiger partial charge on any atom is -0.475 e. The van der Waals surface area contributed by atoms with E-state index in [1.807, 2.05) is 18.2 Å². The van der Waals surface area contributed by atoms with Gasteiger partial charge in [-0.2, -0.15) is 18.3 Å². The minimum atomic E-state index is -5.08. The van der Waals surface area contributed by atoms with Crippen molar-refractivity contribution in [3.8, 4) is 0 Å². The van der Waals surface area contributed by atoms with Gasteiger partial charge in [0.15, 0.2) is 0 Å². The molecule has 41 heavy (non-hydrogen) atoms. The smallest absolute Gasteiger partial charge is 0.475 e. The van der Waals surface area contributed by atoms with Gasteiger partial charge in [-0.1, -0.05) is 6.07 Å². The lowest BCUT2D eigenvalue weighted by Gasteiger charge is -2.22. The SMILES string of the molecule is O=C(NCC1CC1)c1c(NC(=O)C2CC2)sc2c1CC(C(=O)Nc1cccc3[nH]ncc13)CC2.O=C(O)C(F)(F)F.[HH]. The molecule has 220 valence electrons. The number of carbonyl (C=O) groups is 4. The molecule has 1 unspecified atom stereocenters. The molecule has 14 heteroatoms. The highest BCUT2D eigenvalue weighted by Gasteiger charge is 2.38. The fourth-order valence-electron chi connectivity index (χ4n) is 4.65. The van der Waals surface area contributed by atoms with Crippen LogP contribution in [0.5, 0.6) is 0 Å². The number of carbonyl (C=O) groups excluding carboxylic acids is 3. The van der Waals surface area contributed by atoms with E-state index in [9.17, 15) is 27.6 Å². The first-order chi connectivity index (χ1) is 19.5. The van der Waals surface area contributed by atoms with Crippen LogP contribution in [0, 0.1) is 17.8 Å². The molecule has 3 amide bonds. The van der Waals surface area contributed by atoms with Crippen molar-refractivity contribution in [2.24, 2.45) is 17.8 Å². The van der Waals surface area contributed by atoms with Crippen LogP contribution in [-0.4, -0.2) is 51.7 Å². The van der Waals surface area contributed by atoms with Crippen molar-refractivity contribution in [2.45, 2.75) is 51.1 Å². The summed E-state index contributed by atoms with van der Waals surface area (Å²) in [6, 6.07) is 5.67. The molecule has 2 heterocycles. The number of hydrogen-bond acceptors (Lipinski definition) is 6. The van der Waals surface area contributed by atoms with Crippen LogP contribution >= 0.6 is 11.3 Å². The molecule has 5 N–H and O–H groups in total. The monoisotopic (exact) mass is 593 g/mol. The quantitative estimate of drug-likeness (QED) is 0.267. The number of halogens is 3.